The van der Waals surface area contributed by atoms with Gasteiger partial charge in [0.2, 0.25) is 0 Å². The van der Waals surface area contributed by atoms with Gasteiger partial charge in [0.05, 0.1) is 0 Å². The maximum absolute atomic E-state index is 3.11. The molecule has 0 saturated carbocycles. The molecule has 0 aromatic heterocycles. The zero-order valence-electron chi connectivity index (χ0n) is 4.44. The molecule has 0 aliphatic carbocycles. The van der Waals surface area contributed by atoms with Crippen molar-refractivity contribution in [2.45, 2.75) is 19.4 Å². The summed E-state index contributed by atoms with van der Waals surface area (Å²) in [5, 5.41) is 3.11. The molecule has 7 heavy (non-hydrogen) atoms. The van der Waals surface area contributed by atoms with Crippen LogP contribution in [0.2, 0.25) is 0 Å². The van der Waals surface area contributed by atoms with Crippen molar-refractivity contribution in [2.24, 2.45) is 0 Å². The predicted octanol–water partition coefficient (Wildman–Crippen LogP) is 1.04. The van der Waals surface area contributed by atoms with Gasteiger partial charge in [-0.2, -0.15) is 0 Å². The molecule has 0 amide bonds. The first-order chi connectivity index (χ1) is 3.39. The van der Waals surface area contributed by atoms with Gasteiger partial charge in [0.1, 0.15) is 0 Å². The van der Waals surface area contributed by atoms with Gasteiger partial charge >= 0.3 is 0 Å². The van der Waals surface area contributed by atoms with Crippen LogP contribution in [0.3, 0.4) is 0 Å². The lowest BCUT2D eigenvalue weighted by Crippen LogP contribution is -2.20. The van der Waals surface area contributed by atoms with E-state index in [1.807, 2.05) is 12.3 Å². The minimum absolute atomic E-state index is 0.612. The Kier molecular flexibility index (Phi) is 1.19. The fourth-order valence-corrected chi connectivity index (χ4v) is 0.562. The molecule has 0 saturated heterocycles. The fourth-order valence-electron chi connectivity index (χ4n) is 0.562. The summed E-state index contributed by atoms with van der Waals surface area (Å²) in [6, 6.07) is 0.612. The van der Waals surface area contributed by atoms with Gasteiger partial charge in [0.15, 0.2) is 0 Å². The molecule has 1 heteroatoms. The fraction of sp³-hybridized carbons (Fsp3) is 0.500. The largest absolute Gasteiger partial charge is 0.382 e. The Bertz CT molecular complexity index is 99.3. The van der Waals surface area contributed by atoms with Crippen molar-refractivity contribution < 1.29 is 0 Å². The molecule has 0 spiro atoms. The van der Waals surface area contributed by atoms with Crippen molar-refractivity contribution in [3.63, 3.8) is 0 Å². The standard InChI is InChI=1S/C6H9N/c1-6-4-2-3-5-7-6/h2,5-7H,4H2,1H3. The van der Waals surface area contributed by atoms with E-state index in [9.17, 15) is 0 Å². The zero-order valence-corrected chi connectivity index (χ0v) is 4.44. The second-order valence-electron chi connectivity index (χ2n) is 1.82. The molecule has 0 radical (unpaired) electrons. The van der Waals surface area contributed by atoms with Crippen molar-refractivity contribution in [1.29, 1.82) is 0 Å². The maximum atomic E-state index is 3.11. The molecule has 0 fully saturated rings. The monoisotopic (exact) mass is 95.1 g/mol. The molecule has 0 bridgehead atoms. The summed E-state index contributed by atoms with van der Waals surface area (Å²) in [4.78, 5) is 0. The minimum atomic E-state index is 0.612. The Balaban J connectivity index is 2.49. The zero-order chi connectivity index (χ0) is 5.11. The SMILES string of the molecule is CC1CC=C=CN1. The molecule has 0 aromatic carbocycles. The number of nitrogens with one attached hydrogen (secondary N) is 1. The Morgan fingerprint density at radius 1 is 1.86 bits per heavy atom. The van der Waals surface area contributed by atoms with E-state index < -0.39 is 0 Å². The lowest BCUT2D eigenvalue weighted by Gasteiger charge is -2.08. The Morgan fingerprint density at radius 2 is 2.71 bits per heavy atom. The van der Waals surface area contributed by atoms with Crippen LogP contribution in [0.1, 0.15) is 13.3 Å². The maximum Gasteiger partial charge on any atom is 0.0396 e. The third kappa shape index (κ3) is 1.09. The molecule has 1 unspecified atom stereocenters. The Hall–Kier alpha value is -0.680. The van der Waals surface area contributed by atoms with E-state index in [4.69, 9.17) is 0 Å². The minimum Gasteiger partial charge on any atom is -0.382 e. The summed E-state index contributed by atoms with van der Waals surface area (Å²) in [7, 11) is 0. The number of hydrogen-bond donors (Lipinski definition) is 1. The van der Waals surface area contributed by atoms with Gasteiger partial charge in [-0.15, -0.1) is 5.73 Å². The summed E-state index contributed by atoms with van der Waals surface area (Å²) in [5.41, 5.74) is 2.95. The van der Waals surface area contributed by atoms with Crippen LogP contribution in [0.5, 0.6) is 0 Å². The van der Waals surface area contributed by atoms with E-state index in [-0.39, 0.29) is 0 Å². The average Bonchev–Trinajstić information content (AvgIpc) is 1.69. The highest BCUT2D eigenvalue weighted by atomic mass is 14.9. The first-order valence-corrected chi connectivity index (χ1v) is 2.55. The highest BCUT2D eigenvalue weighted by molar-refractivity contribution is 4.92. The van der Waals surface area contributed by atoms with Crippen LogP contribution in [0.25, 0.3) is 0 Å². The molecule has 0 aromatic rings. The second kappa shape index (κ2) is 1.85. The van der Waals surface area contributed by atoms with E-state index >= 15 is 0 Å². The number of rotatable bonds is 0. The lowest BCUT2D eigenvalue weighted by molar-refractivity contribution is 0.639. The highest BCUT2D eigenvalue weighted by Gasteiger charge is 1.94. The Labute approximate surface area is 43.7 Å². The van der Waals surface area contributed by atoms with Gasteiger partial charge in [-0.25, -0.2) is 0 Å². The molecule has 1 rings (SSSR count). The van der Waals surface area contributed by atoms with Gasteiger partial charge in [-0.3, -0.25) is 0 Å². The van der Waals surface area contributed by atoms with Crippen LogP contribution in [-0.2, 0) is 0 Å². The van der Waals surface area contributed by atoms with Gasteiger partial charge in [-0.1, -0.05) is 0 Å². The highest BCUT2D eigenvalue weighted by Crippen LogP contribution is 1.93. The smallest absolute Gasteiger partial charge is 0.0396 e. The molecule has 38 valence electrons. The normalized spacial score (nSPS) is 27.3. The van der Waals surface area contributed by atoms with Crippen LogP contribution >= 0.6 is 0 Å². The van der Waals surface area contributed by atoms with Gasteiger partial charge in [-0.05, 0) is 19.4 Å². The van der Waals surface area contributed by atoms with Crippen LogP contribution in [0, 0.1) is 0 Å². The molecular weight excluding hydrogens is 86.1 g/mol. The van der Waals surface area contributed by atoms with E-state index in [2.05, 4.69) is 18.0 Å². The Morgan fingerprint density at radius 3 is 3.00 bits per heavy atom. The van der Waals surface area contributed by atoms with Crippen LogP contribution in [0.4, 0.5) is 0 Å². The van der Waals surface area contributed by atoms with Crippen molar-refractivity contribution >= 4 is 0 Å². The van der Waals surface area contributed by atoms with Crippen molar-refractivity contribution in [2.75, 3.05) is 0 Å². The van der Waals surface area contributed by atoms with Crippen molar-refractivity contribution in [1.82, 2.24) is 5.32 Å². The first kappa shape index (κ1) is 4.48. The van der Waals surface area contributed by atoms with Crippen molar-refractivity contribution in [3.05, 3.63) is 18.0 Å². The van der Waals surface area contributed by atoms with E-state index in [1.54, 1.807) is 0 Å². The summed E-state index contributed by atoms with van der Waals surface area (Å²) < 4.78 is 0. The topological polar surface area (TPSA) is 12.0 Å². The summed E-state index contributed by atoms with van der Waals surface area (Å²) in [6.07, 6.45) is 5.01. The quantitative estimate of drug-likeness (QED) is 0.443. The molecule has 1 aliphatic rings. The van der Waals surface area contributed by atoms with Gasteiger partial charge < -0.3 is 5.32 Å². The lowest BCUT2D eigenvalue weighted by atomic mass is 10.2. The summed E-state index contributed by atoms with van der Waals surface area (Å²) >= 11 is 0. The molecule has 1 N–H and O–H groups in total. The molecule has 1 heterocycles. The summed E-state index contributed by atoms with van der Waals surface area (Å²) in [6.45, 7) is 2.15. The predicted molar refractivity (Wildman–Crippen MR) is 29.9 cm³/mol. The van der Waals surface area contributed by atoms with Gasteiger partial charge in [0.25, 0.3) is 0 Å². The van der Waals surface area contributed by atoms with Crippen LogP contribution in [-0.4, -0.2) is 6.04 Å². The number of hydrogen-bond acceptors (Lipinski definition) is 1. The molecule has 1 atom stereocenters. The third-order valence-electron chi connectivity index (χ3n) is 1.04. The van der Waals surface area contributed by atoms with E-state index in [0.29, 0.717) is 6.04 Å². The average molecular weight is 95.1 g/mol. The van der Waals surface area contributed by atoms with Crippen LogP contribution < -0.4 is 5.32 Å². The third-order valence-corrected chi connectivity index (χ3v) is 1.04. The molecule has 1 nitrogen and oxygen atoms in total. The molecule has 1 aliphatic heterocycles. The second-order valence-corrected chi connectivity index (χ2v) is 1.82. The summed E-state index contributed by atoms with van der Waals surface area (Å²) in [5.74, 6) is 0. The van der Waals surface area contributed by atoms with E-state index in [0.717, 1.165) is 6.42 Å². The van der Waals surface area contributed by atoms with Crippen LogP contribution in [0.15, 0.2) is 18.0 Å². The first-order valence-electron chi connectivity index (χ1n) is 2.55. The molecular formula is C6H9N. The van der Waals surface area contributed by atoms with Gasteiger partial charge in [0, 0.05) is 12.2 Å². The van der Waals surface area contributed by atoms with E-state index in [1.165, 1.54) is 0 Å². The van der Waals surface area contributed by atoms with Crippen molar-refractivity contribution in [3.8, 4) is 0 Å².